The maximum Gasteiger partial charge on any atom is 0.0590 e. The molecule has 18 heavy (non-hydrogen) atoms. The summed E-state index contributed by atoms with van der Waals surface area (Å²) in [5.74, 6) is 0.896. The molecule has 4 nitrogen and oxygen atoms in total. The molecule has 0 spiro atoms. The zero-order chi connectivity index (χ0) is 12.0. The Kier molecular flexibility index (Phi) is 13.0. The highest BCUT2D eigenvalue weighted by Crippen LogP contribution is 2.09. The fraction of sp³-hybridized carbons (Fsp3) is 1.00. The molecule has 4 atom stereocenters. The summed E-state index contributed by atoms with van der Waals surface area (Å²) >= 11 is 0. The molecule has 0 amide bonds. The number of hydrogen-bond donors (Lipinski definition) is 4. The second-order valence-electron chi connectivity index (χ2n) is 5.07. The summed E-state index contributed by atoms with van der Waals surface area (Å²) in [6.07, 6.45) is 1.72. The van der Waals surface area contributed by atoms with Crippen LogP contribution in [0.25, 0.3) is 0 Å². The number of nitrogens with one attached hydrogen (secondary N) is 2. The van der Waals surface area contributed by atoms with Gasteiger partial charge in [-0.1, -0.05) is 13.8 Å². The van der Waals surface area contributed by atoms with Crippen LogP contribution in [-0.4, -0.2) is 48.6 Å². The molecule has 4 N–H and O–H groups in total. The van der Waals surface area contributed by atoms with Crippen molar-refractivity contribution in [3.05, 3.63) is 0 Å². The van der Waals surface area contributed by atoms with Crippen molar-refractivity contribution < 1.29 is 10.2 Å². The fourth-order valence-electron chi connectivity index (χ4n) is 2.00. The van der Waals surface area contributed by atoms with Crippen molar-refractivity contribution >= 4 is 24.8 Å². The van der Waals surface area contributed by atoms with E-state index in [2.05, 4.69) is 24.5 Å². The molecule has 0 aromatic carbocycles. The third-order valence-electron chi connectivity index (χ3n) is 3.48. The van der Waals surface area contributed by atoms with Gasteiger partial charge in [0.25, 0.3) is 0 Å². The molecule has 0 radical (unpaired) electrons. The fourth-order valence-corrected chi connectivity index (χ4v) is 2.00. The van der Waals surface area contributed by atoms with Gasteiger partial charge >= 0.3 is 0 Å². The number of rotatable bonds is 0. The number of aliphatic hydroxyl groups is 2. The molecule has 2 fully saturated rings. The van der Waals surface area contributed by atoms with Crippen molar-refractivity contribution in [1.82, 2.24) is 10.6 Å². The van der Waals surface area contributed by atoms with Crippen LogP contribution < -0.4 is 10.6 Å². The quantitative estimate of drug-likeness (QED) is 0.534. The Morgan fingerprint density at radius 1 is 0.778 bits per heavy atom. The second kappa shape index (κ2) is 11.3. The molecule has 2 aliphatic rings. The van der Waals surface area contributed by atoms with Crippen molar-refractivity contribution in [1.29, 1.82) is 0 Å². The molecule has 0 aliphatic carbocycles. The third kappa shape index (κ3) is 7.77. The Balaban J connectivity index is 0. The van der Waals surface area contributed by atoms with Gasteiger partial charge in [0.1, 0.15) is 0 Å². The molecule has 2 rings (SSSR count). The average Bonchev–Trinajstić information content (AvgIpc) is 2.28. The Morgan fingerprint density at radius 2 is 1.11 bits per heavy atom. The standard InChI is InChI=1S/2C6H13NO.2ClH/c2*1-5-4-7-3-2-6(5)8;;/h2*5-8H,2-4H2,1H3;2*1H/t2*5-,6-;;/m10../s1. The Hall–Kier alpha value is 0.420. The van der Waals surface area contributed by atoms with Crippen LogP contribution in [0.5, 0.6) is 0 Å². The molecular formula is C12H28Cl2N2O2. The minimum absolute atomic E-state index is 0. The van der Waals surface area contributed by atoms with E-state index >= 15 is 0 Å². The van der Waals surface area contributed by atoms with Crippen LogP contribution in [0, 0.1) is 11.8 Å². The van der Waals surface area contributed by atoms with E-state index in [0.717, 1.165) is 39.0 Å². The Bertz CT molecular complexity index is 159. The number of piperidine rings is 2. The minimum Gasteiger partial charge on any atom is -0.393 e. The highest BCUT2D eigenvalue weighted by molar-refractivity contribution is 5.85. The van der Waals surface area contributed by atoms with Gasteiger partial charge in [-0.05, 0) is 37.8 Å². The predicted octanol–water partition coefficient (Wildman–Crippen LogP) is 0.797. The number of halogens is 2. The molecular weight excluding hydrogens is 275 g/mol. The summed E-state index contributed by atoms with van der Waals surface area (Å²) in [5.41, 5.74) is 0. The predicted molar refractivity (Wildman–Crippen MR) is 79.8 cm³/mol. The van der Waals surface area contributed by atoms with Crippen LogP contribution in [0.4, 0.5) is 0 Å². The number of hydrogen-bond acceptors (Lipinski definition) is 4. The Labute approximate surface area is 123 Å². The topological polar surface area (TPSA) is 64.5 Å². The molecule has 0 unspecified atom stereocenters. The van der Waals surface area contributed by atoms with Gasteiger partial charge < -0.3 is 20.8 Å². The van der Waals surface area contributed by atoms with E-state index in [1.54, 1.807) is 0 Å². The SMILES string of the molecule is C[C@@H]1CNCC[C@H]1O.C[C@H]1CNCC[C@@H]1O.Cl.Cl. The van der Waals surface area contributed by atoms with E-state index in [0.29, 0.717) is 11.8 Å². The molecule has 2 saturated heterocycles. The summed E-state index contributed by atoms with van der Waals surface area (Å²) in [6, 6.07) is 0. The van der Waals surface area contributed by atoms with E-state index < -0.39 is 0 Å². The minimum atomic E-state index is -0.0590. The normalized spacial score (nSPS) is 35.3. The second-order valence-corrected chi connectivity index (χ2v) is 5.07. The van der Waals surface area contributed by atoms with Gasteiger partial charge in [-0.2, -0.15) is 0 Å². The average molecular weight is 303 g/mol. The van der Waals surface area contributed by atoms with Crippen LogP contribution in [0.15, 0.2) is 0 Å². The van der Waals surface area contributed by atoms with Crippen LogP contribution >= 0.6 is 24.8 Å². The molecule has 0 aromatic rings. The lowest BCUT2D eigenvalue weighted by atomic mass is 9.99. The van der Waals surface area contributed by atoms with Crippen molar-refractivity contribution in [3.63, 3.8) is 0 Å². The zero-order valence-corrected chi connectivity index (χ0v) is 12.9. The maximum atomic E-state index is 9.14. The zero-order valence-electron chi connectivity index (χ0n) is 11.3. The monoisotopic (exact) mass is 302 g/mol. The van der Waals surface area contributed by atoms with Crippen LogP contribution in [0.2, 0.25) is 0 Å². The Morgan fingerprint density at radius 3 is 1.28 bits per heavy atom. The van der Waals surface area contributed by atoms with Crippen molar-refractivity contribution in [2.24, 2.45) is 11.8 Å². The van der Waals surface area contributed by atoms with Gasteiger partial charge in [0.2, 0.25) is 0 Å². The molecule has 0 bridgehead atoms. The lowest BCUT2D eigenvalue weighted by molar-refractivity contribution is 0.0880. The molecule has 2 aliphatic heterocycles. The van der Waals surface area contributed by atoms with Crippen molar-refractivity contribution in [2.75, 3.05) is 26.2 Å². The van der Waals surface area contributed by atoms with E-state index in [1.807, 2.05) is 0 Å². The van der Waals surface area contributed by atoms with E-state index in [9.17, 15) is 0 Å². The summed E-state index contributed by atoms with van der Waals surface area (Å²) in [6.45, 7) is 8.03. The highest BCUT2D eigenvalue weighted by atomic mass is 35.5. The smallest absolute Gasteiger partial charge is 0.0590 e. The first kappa shape index (κ1) is 20.7. The van der Waals surface area contributed by atoms with E-state index in [-0.39, 0.29) is 37.0 Å². The molecule has 6 heteroatoms. The van der Waals surface area contributed by atoms with Crippen molar-refractivity contribution in [2.45, 2.75) is 38.9 Å². The first-order valence-electron chi connectivity index (χ1n) is 6.38. The van der Waals surface area contributed by atoms with Gasteiger partial charge in [-0.15, -0.1) is 24.8 Å². The molecule has 2 heterocycles. The molecule has 0 aromatic heterocycles. The van der Waals surface area contributed by atoms with Gasteiger partial charge in [0.05, 0.1) is 12.2 Å². The van der Waals surface area contributed by atoms with Gasteiger partial charge in [-0.25, -0.2) is 0 Å². The highest BCUT2D eigenvalue weighted by Gasteiger charge is 2.17. The summed E-state index contributed by atoms with van der Waals surface area (Å²) in [5, 5.41) is 24.7. The van der Waals surface area contributed by atoms with Crippen molar-refractivity contribution in [3.8, 4) is 0 Å². The van der Waals surface area contributed by atoms with Crippen LogP contribution in [-0.2, 0) is 0 Å². The lowest BCUT2D eigenvalue weighted by Gasteiger charge is -2.24. The van der Waals surface area contributed by atoms with Crippen LogP contribution in [0.1, 0.15) is 26.7 Å². The first-order chi connectivity index (χ1) is 7.61. The van der Waals surface area contributed by atoms with Crippen LogP contribution in [0.3, 0.4) is 0 Å². The summed E-state index contributed by atoms with van der Waals surface area (Å²) in [7, 11) is 0. The number of aliphatic hydroxyl groups excluding tert-OH is 2. The van der Waals surface area contributed by atoms with Gasteiger partial charge in [0.15, 0.2) is 0 Å². The maximum absolute atomic E-state index is 9.14. The van der Waals surface area contributed by atoms with Gasteiger partial charge in [-0.3, -0.25) is 0 Å². The molecule has 112 valence electrons. The summed E-state index contributed by atoms with van der Waals surface area (Å²) in [4.78, 5) is 0. The van der Waals surface area contributed by atoms with E-state index in [4.69, 9.17) is 10.2 Å². The first-order valence-corrected chi connectivity index (χ1v) is 6.38. The largest absolute Gasteiger partial charge is 0.393 e. The molecule has 0 saturated carbocycles. The van der Waals surface area contributed by atoms with Gasteiger partial charge in [0, 0.05) is 13.1 Å². The lowest BCUT2D eigenvalue weighted by Crippen LogP contribution is -2.38. The van der Waals surface area contributed by atoms with E-state index in [1.165, 1.54) is 0 Å². The third-order valence-corrected chi connectivity index (χ3v) is 3.48. The summed E-state index contributed by atoms with van der Waals surface area (Å²) < 4.78 is 0.